The lowest BCUT2D eigenvalue weighted by Gasteiger charge is -2.25. The Morgan fingerprint density at radius 1 is 1.25 bits per heavy atom. The molecule has 0 spiro atoms. The molecule has 0 saturated carbocycles. The minimum atomic E-state index is 0.0713. The smallest absolute Gasteiger partial charge is 0.196 e. The first-order chi connectivity index (χ1) is 9.58. The van der Waals surface area contributed by atoms with E-state index in [9.17, 15) is 4.79 Å². The Morgan fingerprint density at radius 2 is 1.95 bits per heavy atom. The maximum absolute atomic E-state index is 12.8. The number of ketones is 1. The summed E-state index contributed by atoms with van der Waals surface area (Å²) in [5, 5.41) is 0.685. The zero-order valence-corrected chi connectivity index (χ0v) is 12.7. The van der Waals surface area contributed by atoms with Gasteiger partial charge in [0.1, 0.15) is 0 Å². The van der Waals surface area contributed by atoms with Crippen LogP contribution in [0.2, 0.25) is 0 Å². The van der Waals surface area contributed by atoms with Crippen molar-refractivity contribution in [3.8, 4) is 0 Å². The van der Waals surface area contributed by atoms with Gasteiger partial charge in [0.2, 0.25) is 0 Å². The number of hydrogen-bond donors (Lipinski definition) is 1. The topological polar surface area (TPSA) is 43.1 Å². The van der Waals surface area contributed by atoms with Gasteiger partial charge in [-0.3, -0.25) is 4.79 Å². The molecule has 104 valence electrons. The summed E-state index contributed by atoms with van der Waals surface area (Å²) in [6.45, 7) is 4.48. The molecule has 0 radical (unpaired) electrons. The summed E-state index contributed by atoms with van der Waals surface area (Å²) in [6.07, 6.45) is 2.19. The van der Waals surface area contributed by atoms with Gasteiger partial charge in [-0.05, 0) is 30.2 Å². The van der Waals surface area contributed by atoms with Crippen LogP contribution in [0.4, 0.5) is 5.00 Å². The standard InChI is InChI=1S/C17H19NOS/c1-10-8-11(2)14-13(9-10)20-17(18)15(14)16(19)12-6-4-3-5-7-12/h3-7,10-11H,8-9,18H2,1-2H3. The van der Waals surface area contributed by atoms with Crippen LogP contribution in [0.3, 0.4) is 0 Å². The summed E-state index contributed by atoms with van der Waals surface area (Å²) >= 11 is 1.60. The van der Waals surface area contributed by atoms with Gasteiger partial charge in [-0.2, -0.15) is 0 Å². The third-order valence-corrected chi connectivity index (χ3v) is 5.15. The Kier molecular flexibility index (Phi) is 3.38. The molecule has 0 amide bonds. The van der Waals surface area contributed by atoms with E-state index in [-0.39, 0.29) is 5.78 Å². The normalized spacial score (nSPS) is 21.5. The van der Waals surface area contributed by atoms with Gasteiger partial charge >= 0.3 is 0 Å². The van der Waals surface area contributed by atoms with Crippen molar-refractivity contribution < 1.29 is 4.79 Å². The minimum absolute atomic E-state index is 0.0713. The Hall–Kier alpha value is -1.61. The highest BCUT2D eigenvalue weighted by Gasteiger charge is 2.31. The fourth-order valence-corrected chi connectivity index (χ4v) is 4.62. The zero-order valence-electron chi connectivity index (χ0n) is 11.8. The van der Waals surface area contributed by atoms with Gasteiger partial charge < -0.3 is 5.73 Å². The SMILES string of the molecule is CC1Cc2sc(N)c(C(=O)c3ccccc3)c2C(C)C1. The van der Waals surface area contributed by atoms with Crippen LogP contribution in [0.25, 0.3) is 0 Å². The predicted octanol–water partition coefficient (Wildman–Crippen LogP) is 4.25. The van der Waals surface area contributed by atoms with E-state index in [0.717, 1.165) is 24.0 Å². The van der Waals surface area contributed by atoms with Crippen molar-refractivity contribution in [1.82, 2.24) is 0 Å². The molecule has 3 rings (SSSR count). The second-order valence-electron chi connectivity index (χ2n) is 5.82. The first-order valence-electron chi connectivity index (χ1n) is 7.08. The van der Waals surface area contributed by atoms with E-state index in [1.807, 2.05) is 30.3 Å². The van der Waals surface area contributed by atoms with E-state index in [1.165, 1.54) is 10.4 Å². The van der Waals surface area contributed by atoms with Crippen LogP contribution in [-0.4, -0.2) is 5.78 Å². The van der Waals surface area contributed by atoms with Gasteiger partial charge in [-0.25, -0.2) is 0 Å². The van der Waals surface area contributed by atoms with Crippen LogP contribution >= 0.6 is 11.3 Å². The molecule has 3 heteroatoms. The first kappa shape index (κ1) is 13.4. The molecule has 2 N–H and O–H groups in total. The number of hydrogen-bond acceptors (Lipinski definition) is 3. The van der Waals surface area contributed by atoms with E-state index in [4.69, 9.17) is 5.73 Å². The molecule has 0 aliphatic heterocycles. The van der Waals surface area contributed by atoms with Gasteiger partial charge in [0.15, 0.2) is 5.78 Å². The number of carbonyl (C=O) groups is 1. The lowest BCUT2D eigenvalue weighted by atomic mass is 9.80. The summed E-state index contributed by atoms with van der Waals surface area (Å²) in [7, 11) is 0. The number of carbonyl (C=O) groups excluding carboxylic acids is 1. The zero-order chi connectivity index (χ0) is 14.3. The highest BCUT2D eigenvalue weighted by Crippen LogP contribution is 2.44. The van der Waals surface area contributed by atoms with E-state index in [0.29, 0.717) is 16.8 Å². The fourth-order valence-electron chi connectivity index (χ4n) is 3.27. The Bertz CT molecular complexity index is 645. The lowest BCUT2D eigenvalue weighted by Crippen LogP contribution is -2.16. The average molecular weight is 285 g/mol. The second kappa shape index (κ2) is 5.06. The maximum Gasteiger partial charge on any atom is 0.196 e. The number of anilines is 1. The van der Waals surface area contributed by atoms with Gasteiger partial charge in [-0.1, -0.05) is 44.2 Å². The lowest BCUT2D eigenvalue weighted by molar-refractivity contribution is 0.103. The van der Waals surface area contributed by atoms with Crippen molar-refractivity contribution in [3.63, 3.8) is 0 Å². The number of rotatable bonds is 2. The van der Waals surface area contributed by atoms with Crippen LogP contribution in [0.15, 0.2) is 30.3 Å². The number of nitrogen functional groups attached to an aromatic ring is 1. The quantitative estimate of drug-likeness (QED) is 0.838. The Labute approximate surface area is 123 Å². The number of benzene rings is 1. The molecule has 20 heavy (non-hydrogen) atoms. The number of thiophene rings is 1. The van der Waals surface area contributed by atoms with E-state index in [1.54, 1.807) is 11.3 Å². The number of nitrogens with two attached hydrogens (primary N) is 1. The van der Waals surface area contributed by atoms with Gasteiger partial charge in [0.05, 0.1) is 10.6 Å². The molecule has 1 aromatic heterocycles. The second-order valence-corrected chi connectivity index (χ2v) is 6.96. The highest BCUT2D eigenvalue weighted by atomic mass is 32.1. The molecule has 0 saturated heterocycles. The third-order valence-electron chi connectivity index (χ3n) is 4.09. The van der Waals surface area contributed by atoms with Crippen molar-refractivity contribution >= 4 is 22.1 Å². The maximum atomic E-state index is 12.8. The highest BCUT2D eigenvalue weighted by molar-refractivity contribution is 7.16. The van der Waals surface area contributed by atoms with Crippen LogP contribution < -0.4 is 5.73 Å². The molecule has 2 nitrogen and oxygen atoms in total. The van der Waals surface area contributed by atoms with Crippen LogP contribution in [0.5, 0.6) is 0 Å². The van der Waals surface area contributed by atoms with Crippen molar-refractivity contribution in [2.75, 3.05) is 5.73 Å². The first-order valence-corrected chi connectivity index (χ1v) is 7.90. The molecule has 2 aromatic rings. The third kappa shape index (κ3) is 2.16. The van der Waals surface area contributed by atoms with E-state index < -0.39 is 0 Å². The molecule has 2 atom stereocenters. The monoisotopic (exact) mass is 285 g/mol. The van der Waals surface area contributed by atoms with Gasteiger partial charge in [-0.15, -0.1) is 11.3 Å². The minimum Gasteiger partial charge on any atom is -0.390 e. The predicted molar refractivity (Wildman–Crippen MR) is 84.5 cm³/mol. The Balaban J connectivity index is 2.09. The fraction of sp³-hybridized carbons (Fsp3) is 0.353. The molecule has 1 heterocycles. The molecule has 1 aliphatic rings. The van der Waals surface area contributed by atoms with Crippen LogP contribution in [0.1, 0.15) is 52.5 Å². The van der Waals surface area contributed by atoms with Crippen molar-refractivity contribution in [3.05, 3.63) is 51.9 Å². The largest absolute Gasteiger partial charge is 0.390 e. The van der Waals surface area contributed by atoms with Crippen molar-refractivity contribution in [2.45, 2.75) is 32.6 Å². The number of fused-ring (bicyclic) bond motifs is 1. The molecule has 1 aliphatic carbocycles. The van der Waals surface area contributed by atoms with Gasteiger partial charge in [0, 0.05) is 10.4 Å². The summed E-state index contributed by atoms with van der Waals surface area (Å²) in [4.78, 5) is 14.1. The molecule has 2 unspecified atom stereocenters. The summed E-state index contributed by atoms with van der Waals surface area (Å²) in [6, 6.07) is 9.44. The molecular formula is C17H19NOS. The van der Waals surface area contributed by atoms with Crippen molar-refractivity contribution in [1.29, 1.82) is 0 Å². The van der Waals surface area contributed by atoms with Crippen LogP contribution in [-0.2, 0) is 6.42 Å². The van der Waals surface area contributed by atoms with E-state index in [2.05, 4.69) is 13.8 Å². The molecule has 0 fully saturated rings. The molecule has 0 bridgehead atoms. The summed E-state index contributed by atoms with van der Waals surface area (Å²) in [5.74, 6) is 1.17. The summed E-state index contributed by atoms with van der Waals surface area (Å²) < 4.78 is 0. The van der Waals surface area contributed by atoms with Crippen LogP contribution in [0, 0.1) is 5.92 Å². The Morgan fingerprint density at radius 3 is 2.65 bits per heavy atom. The van der Waals surface area contributed by atoms with Crippen molar-refractivity contribution in [2.24, 2.45) is 5.92 Å². The van der Waals surface area contributed by atoms with Gasteiger partial charge in [0.25, 0.3) is 0 Å². The average Bonchev–Trinajstić information content (AvgIpc) is 2.75. The van der Waals surface area contributed by atoms with E-state index >= 15 is 0 Å². The summed E-state index contributed by atoms with van der Waals surface area (Å²) in [5.41, 5.74) is 8.86. The molecule has 1 aromatic carbocycles. The molecular weight excluding hydrogens is 266 g/mol.